The number of H-pyrrole nitrogens is 1. The van der Waals surface area contributed by atoms with Gasteiger partial charge >= 0.3 is 0 Å². The van der Waals surface area contributed by atoms with Gasteiger partial charge in [-0.25, -0.2) is 4.98 Å². The number of imidazole rings is 1. The highest BCUT2D eigenvalue weighted by molar-refractivity contribution is 5.89. The number of nitrogens with zero attached hydrogens (tertiary/aromatic N) is 3. The number of hydrogen-bond acceptors (Lipinski definition) is 5. The summed E-state index contributed by atoms with van der Waals surface area (Å²) in [6.07, 6.45) is 1.22. The minimum Gasteiger partial charge on any atom is -0.296 e. The minimum atomic E-state index is -0.536. The van der Waals surface area contributed by atoms with Crippen molar-refractivity contribution >= 4 is 28.9 Å². The van der Waals surface area contributed by atoms with Crippen LogP contribution in [0.1, 0.15) is 18.6 Å². The number of amides is 1. The van der Waals surface area contributed by atoms with Gasteiger partial charge in [0, 0.05) is 13.8 Å². The van der Waals surface area contributed by atoms with E-state index >= 15 is 0 Å². The Bertz CT molecular complexity index is 669. The summed E-state index contributed by atoms with van der Waals surface area (Å²) in [5.74, 6) is -0.700. The smallest absolute Gasteiger partial charge is 0.279 e. The average molecular weight is 235 g/mol. The fraction of sp³-hybridized carbons (Fsp3) is 0.222. The van der Waals surface area contributed by atoms with Crippen molar-refractivity contribution in [2.75, 3.05) is 5.32 Å². The molecular formula is C9H9N5O3. The van der Waals surface area contributed by atoms with Crippen LogP contribution < -0.4 is 10.9 Å². The number of fused-ring (bicyclic) bond motifs is 1. The number of carbonyl (C=O) groups is 2. The second kappa shape index (κ2) is 3.81. The van der Waals surface area contributed by atoms with Crippen LogP contribution in [0.3, 0.4) is 0 Å². The summed E-state index contributed by atoms with van der Waals surface area (Å²) in [6.45, 7) is 2.60. The van der Waals surface area contributed by atoms with E-state index in [0.717, 1.165) is 4.57 Å². The third kappa shape index (κ3) is 1.92. The predicted molar refractivity (Wildman–Crippen MR) is 58.8 cm³/mol. The largest absolute Gasteiger partial charge is 0.296 e. The number of anilines is 1. The minimum absolute atomic E-state index is 0.00352. The molecule has 2 heterocycles. The Labute approximate surface area is 94.7 Å². The standard InChI is InChI=1S/C9H9N5O3/c1-4(15)11-9-12-7-6(8(17)13-9)14(3-10-7)5(2)16/h3H,1-2H3,(H2,11,12,13,15,17). The van der Waals surface area contributed by atoms with Gasteiger partial charge in [0.1, 0.15) is 6.33 Å². The molecule has 0 spiro atoms. The molecule has 0 aliphatic carbocycles. The van der Waals surface area contributed by atoms with Crippen LogP contribution >= 0.6 is 0 Å². The molecule has 2 aromatic heterocycles. The molecule has 2 rings (SSSR count). The highest BCUT2D eigenvalue weighted by Crippen LogP contribution is 2.06. The molecule has 0 atom stereocenters. The van der Waals surface area contributed by atoms with E-state index in [1.54, 1.807) is 0 Å². The Balaban J connectivity index is 2.65. The number of nitrogens with one attached hydrogen (secondary N) is 2. The molecule has 0 saturated heterocycles. The maximum Gasteiger partial charge on any atom is 0.279 e. The van der Waals surface area contributed by atoms with Crippen molar-refractivity contribution < 1.29 is 9.59 Å². The Morgan fingerprint density at radius 3 is 2.71 bits per heavy atom. The second-order valence-electron chi connectivity index (χ2n) is 3.40. The number of hydrogen-bond donors (Lipinski definition) is 2. The number of aromatic nitrogens is 4. The maximum atomic E-state index is 11.7. The van der Waals surface area contributed by atoms with Gasteiger partial charge in [-0.1, -0.05) is 0 Å². The van der Waals surface area contributed by atoms with E-state index in [2.05, 4.69) is 20.3 Å². The first-order valence-electron chi connectivity index (χ1n) is 4.75. The van der Waals surface area contributed by atoms with Crippen molar-refractivity contribution in [3.05, 3.63) is 16.7 Å². The lowest BCUT2D eigenvalue weighted by Gasteiger charge is -2.00. The molecular weight excluding hydrogens is 226 g/mol. The number of carbonyl (C=O) groups excluding carboxylic acids is 2. The zero-order chi connectivity index (χ0) is 12.6. The lowest BCUT2D eigenvalue weighted by Crippen LogP contribution is -2.19. The fourth-order valence-electron chi connectivity index (χ4n) is 1.40. The van der Waals surface area contributed by atoms with Gasteiger partial charge in [-0.2, -0.15) is 4.98 Å². The molecule has 0 aromatic carbocycles. The monoisotopic (exact) mass is 235 g/mol. The molecule has 17 heavy (non-hydrogen) atoms. The molecule has 0 fully saturated rings. The highest BCUT2D eigenvalue weighted by Gasteiger charge is 2.12. The SMILES string of the molecule is CC(=O)Nc1nc2ncn(C(C)=O)c2c(=O)[nH]1. The lowest BCUT2D eigenvalue weighted by atomic mass is 10.5. The van der Waals surface area contributed by atoms with Crippen molar-refractivity contribution in [3.63, 3.8) is 0 Å². The Morgan fingerprint density at radius 1 is 1.41 bits per heavy atom. The van der Waals surface area contributed by atoms with E-state index < -0.39 is 5.56 Å². The molecule has 0 unspecified atom stereocenters. The maximum absolute atomic E-state index is 11.7. The third-order valence-corrected chi connectivity index (χ3v) is 2.05. The van der Waals surface area contributed by atoms with Crippen LogP contribution in [0.25, 0.3) is 11.2 Å². The van der Waals surface area contributed by atoms with Crippen LogP contribution in [-0.2, 0) is 4.79 Å². The number of aromatic amines is 1. The van der Waals surface area contributed by atoms with Gasteiger partial charge in [0.05, 0.1) is 0 Å². The second-order valence-corrected chi connectivity index (χ2v) is 3.40. The van der Waals surface area contributed by atoms with Gasteiger partial charge in [0.25, 0.3) is 5.56 Å². The normalized spacial score (nSPS) is 10.5. The van der Waals surface area contributed by atoms with Crippen LogP contribution in [0.15, 0.2) is 11.1 Å². The van der Waals surface area contributed by atoms with Crippen molar-refractivity contribution in [2.45, 2.75) is 13.8 Å². The van der Waals surface area contributed by atoms with Gasteiger partial charge in [0.2, 0.25) is 17.8 Å². The highest BCUT2D eigenvalue weighted by atomic mass is 16.2. The molecule has 88 valence electrons. The zero-order valence-electron chi connectivity index (χ0n) is 9.14. The first kappa shape index (κ1) is 11.0. The Morgan fingerprint density at radius 2 is 2.12 bits per heavy atom. The van der Waals surface area contributed by atoms with Gasteiger partial charge in [-0.15, -0.1) is 0 Å². The molecule has 2 aromatic rings. The average Bonchev–Trinajstić information content (AvgIpc) is 2.60. The summed E-state index contributed by atoms with van der Waals surface area (Å²) < 4.78 is 1.10. The summed E-state index contributed by atoms with van der Waals surface area (Å²) in [4.78, 5) is 43.8. The first-order chi connectivity index (χ1) is 7.99. The van der Waals surface area contributed by atoms with Crippen molar-refractivity contribution in [2.24, 2.45) is 0 Å². The predicted octanol–water partition coefficient (Wildman–Crippen LogP) is -0.262. The fourth-order valence-corrected chi connectivity index (χ4v) is 1.40. The van der Waals surface area contributed by atoms with Gasteiger partial charge in [-0.3, -0.25) is 29.3 Å². The zero-order valence-corrected chi connectivity index (χ0v) is 9.14. The summed E-state index contributed by atoms with van der Waals surface area (Å²) in [6, 6.07) is 0. The Hall–Kier alpha value is -2.51. The van der Waals surface area contributed by atoms with E-state index in [1.165, 1.54) is 20.2 Å². The lowest BCUT2D eigenvalue weighted by molar-refractivity contribution is -0.114. The third-order valence-electron chi connectivity index (χ3n) is 2.05. The van der Waals surface area contributed by atoms with Crippen molar-refractivity contribution in [3.8, 4) is 0 Å². The van der Waals surface area contributed by atoms with Crippen LogP contribution in [0.5, 0.6) is 0 Å². The van der Waals surface area contributed by atoms with Gasteiger partial charge < -0.3 is 0 Å². The quantitative estimate of drug-likeness (QED) is 0.707. The molecule has 0 aliphatic rings. The molecule has 0 bridgehead atoms. The van der Waals surface area contributed by atoms with Crippen LogP contribution in [-0.4, -0.2) is 31.3 Å². The molecule has 2 N–H and O–H groups in total. The summed E-state index contributed by atoms with van der Waals surface area (Å²) in [7, 11) is 0. The van der Waals surface area contributed by atoms with E-state index in [0.29, 0.717) is 0 Å². The summed E-state index contributed by atoms with van der Waals surface area (Å²) in [5.41, 5.74) is -0.370. The van der Waals surface area contributed by atoms with Crippen LogP contribution in [0, 0.1) is 0 Å². The number of rotatable bonds is 1. The van der Waals surface area contributed by atoms with E-state index in [-0.39, 0.29) is 28.9 Å². The van der Waals surface area contributed by atoms with Gasteiger partial charge in [0.15, 0.2) is 11.2 Å². The van der Waals surface area contributed by atoms with Gasteiger partial charge in [-0.05, 0) is 0 Å². The first-order valence-corrected chi connectivity index (χ1v) is 4.75. The van der Waals surface area contributed by atoms with E-state index in [9.17, 15) is 14.4 Å². The summed E-state index contributed by atoms with van der Waals surface area (Å²) in [5, 5.41) is 2.34. The van der Waals surface area contributed by atoms with E-state index in [4.69, 9.17) is 0 Å². The van der Waals surface area contributed by atoms with Crippen molar-refractivity contribution in [1.29, 1.82) is 0 Å². The van der Waals surface area contributed by atoms with E-state index in [1.807, 2.05) is 0 Å². The topological polar surface area (TPSA) is 110 Å². The summed E-state index contributed by atoms with van der Waals surface area (Å²) >= 11 is 0. The van der Waals surface area contributed by atoms with Crippen LogP contribution in [0.4, 0.5) is 5.95 Å². The molecule has 1 amide bonds. The molecule has 0 aliphatic heterocycles. The molecule has 0 radical (unpaired) electrons. The molecule has 8 nitrogen and oxygen atoms in total. The van der Waals surface area contributed by atoms with Crippen LogP contribution in [0.2, 0.25) is 0 Å². The Kier molecular flexibility index (Phi) is 2.47. The van der Waals surface area contributed by atoms with Crippen molar-refractivity contribution in [1.82, 2.24) is 19.5 Å². The molecule has 8 heteroatoms. The molecule has 0 saturated carbocycles.